The Morgan fingerprint density at radius 3 is 1.03 bits per heavy atom. The maximum atomic E-state index is 5.90. The number of hydrogen-bond acceptors (Lipinski definition) is 6. The van der Waals surface area contributed by atoms with Gasteiger partial charge in [0.05, 0.1) is 35.3 Å². The zero-order valence-corrected chi connectivity index (χ0v) is 39.9. The highest BCUT2D eigenvalue weighted by Gasteiger charge is 2.41. The summed E-state index contributed by atoms with van der Waals surface area (Å²) in [6.07, 6.45) is 3.69. The predicted octanol–water partition coefficient (Wildman–Crippen LogP) is 17.1. The molecule has 74 heavy (non-hydrogen) atoms. The molecule has 16 rings (SSSR count). The first-order valence-corrected chi connectivity index (χ1v) is 25.1. The molecular formula is C68H42N4O2. The molecule has 2 unspecified atom stereocenters. The van der Waals surface area contributed by atoms with Crippen LogP contribution < -0.4 is 0 Å². The summed E-state index contributed by atoms with van der Waals surface area (Å²) in [7, 11) is 0. The number of fused-ring (bicyclic) bond motifs is 2. The lowest BCUT2D eigenvalue weighted by molar-refractivity contribution is 0.616. The predicted molar refractivity (Wildman–Crippen MR) is 295 cm³/mol. The van der Waals surface area contributed by atoms with E-state index in [0.717, 1.165) is 100 Å². The molecule has 0 aliphatic heterocycles. The lowest BCUT2D eigenvalue weighted by atomic mass is 9.60. The Morgan fingerprint density at radius 1 is 0.257 bits per heavy atom. The number of nitrogens with zero attached hydrogens (tertiary/aromatic N) is 4. The van der Waals surface area contributed by atoms with Gasteiger partial charge in [-0.15, -0.1) is 0 Å². The molecule has 0 spiro atoms. The number of hydrogen-bond donors (Lipinski definition) is 0. The summed E-state index contributed by atoms with van der Waals surface area (Å²) in [4.78, 5) is 20.9. The van der Waals surface area contributed by atoms with Crippen LogP contribution in [0.2, 0.25) is 0 Å². The smallest absolute Gasteiger partial charge is 0.160 e. The van der Waals surface area contributed by atoms with Crippen LogP contribution in [0.3, 0.4) is 0 Å². The average molecular weight is 947 g/mol. The van der Waals surface area contributed by atoms with Gasteiger partial charge in [0.25, 0.3) is 0 Å². The fourth-order valence-corrected chi connectivity index (χ4v) is 11.5. The summed E-state index contributed by atoms with van der Waals surface area (Å²) < 4.78 is 11.8. The van der Waals surface area contributed by atoms with Gasteiger partial charge in [-0.05, 0) is 80.9 Å². The van der Waals surface area contributed by atoms with Crippen LogP contribution in [0.15, 0.2) is 252 Å². The third-order valence-corrected chi connectivity index (χ3v) is 15.1. The van der Waals surface area contributed by atoms with Crippen molar-refractivity contribution < 1.29 is 8.83 Å². The Labute approximate surface area is 427 Å². The number of para-hydroxylation sites is 2. The van der Waals surface area contributed by atoms with E-state index in [-0.39, 0.29) is 11.8 Å². The zero-order chi connectivity index (χ0) is 48.7. The van der Waals surface area contributed by atoms with Crippen LogP contribution in [0.4, 0.5) is 0 Å². The van der Waals surface area contributed by atoms with Crippen LogP contribution >= 0.6 is 0 Å². The molecule has 2 atom stereocenters. The van der Waals surface area contributed by atoms with Gasteiger partial charge in [-0.3, -0.25) is 0 Å². The third kappa shape index (κ3) is 6.95. The second kappa shape index (κ2) is 16.9. The van der Waals surface area contributed by atoms with Gasteiger partial charge in [0.15, 0.2) is 11.6 Å². The molecule has 0 saturated carbocycles. The molecule has 2 bridgehead atoms. The van der Waals surface area contributed by atoms with Crippen molar-refractivity contribution in [1.82, 2.24) is 19.9 Å². The van der Waals surface area contributed by atoms with Gasteiger partial charge in [-0.2, -0.15) is 0 Å². The topological polar surface area (TPSA) is 77.8 Å². The standard InChI is InChI=1S/C68H42N4O2/c1-3-13-45(14-4-1)67-69-59(43-27-23-41(24-28-43)57-39-73-63-21-11-9-17-49(57)63)37-61(71-67)47-31-33-53-55(35-47)65-51-19-7-8-20-52(51)66(53)56-36-48(32-34-54(56)65)62-38-60(70-68(72-62)46-15-5-2-6-16-46)44-29-25-42(26-30-44)58-40-74-64-22-12-10-18-50(58)64/h1-40,65-66H. The molecule has 6 nitrogen and oxygen atoms in total. The third-order valence-electron chi connectivity index (χ3n) is 15.1. The summed E-state index contributed by atoms with van der Waals surface area (Å²) in [5, 5.41) is 2.19. The Morgan fingerprint density at radius 2 is 0.595 bits per heavy atom. The second-order valence-corrected chi connectivity index (χ2v) is 19.3. The molecule has 0 saturated heterocycles. The van der Waals surface area contributed by atoms with Crippen LogP contribution in [0.1, 0.15) is 45.2 Å². The largest absolute Gasteiger partial charge is 0.464 e. The van der Waals surface area contributed by atoms with Crippen molar-refractivity contribution in [2.75, 3.05) is 0 Å². The van der Waals surface area contributed by atoms with Crippen molar-refractivity contribution in [3.63, 3.8) is 0 Å². The van der Waals surface area contributed by atoms with E-state index in [1.807, 2.05) is 85.3 Å². The van der Waals surface area contributed by atoms with Crippen molar-refractivity contribution in [1.29, 1.82) is 0 Å². The van der Waals surface area contributed by atoms with Crippen LogP contribution in [0.5, 0.6) is 0 Å². The second-order valence-electron chi connectivity index (χ2n) is 19.3. The highest BCUT2D eigenvalue weighted by Crippen LogP contribution is 2.57. The normalized spacial score (nSPS) is 14.2. The van der Waals surface area contributed by atoms with Gasteiger partial charge < -0.3 is 8.83 Å². The van der Waals surface area contributed by atoms with Gasteiger partial charge in [-0.1, -0.05) is 194 Å². The first kappa shape index (κ1) is 42.0. The van der Waals surface area contributed by atoms with E-state index in [1.54, 1.807) is 0 Å². The van der Waals surface area contributed by atoms with Gasteiger partial charge in [0.2, 0.25) is 0 Å². The first-order chi connectivity index (χ1) is 36.6. The molecule has 0 amide bonds. The van der Waals surface area contributed by atoms with E-state index in [1.165, 1.54) is 33.4 Å². The maximum Gasteiger partial charge on any atom is 0.160 e. The number of furan rings is 2. The molecule has 0 fully saturated rings. The molecule has 346 valence electrons. The molecule has 3 aliphatic carbocycles. The Bertz CT molecular complexity index is 4030. The zero-order valence-electron chi connectivity index (χ0n) is 39.9. The van der Waals surface area contributed by atoms with E-state index in [0.29, 0.717) is 11.6 Å². The lowest BCUT2D eigenvalue weighted by Gasteiger charge is -2.42. The van der Waals surface area contributed by atoms with Crippen LogP contribution in [-0.4, -0.2) is 19.9 Å². The summed E-state index contributed by atoms with van der Waals surface area (Å²) in [6, 6.07) is 81.3. The summed E-state index contributed by atoms with van der Waals surface area (Å²) in [5.74, 6) is 1.47. The van der Waals surface area contributed by atoms with E-state index >= 15 is 0 Å². The summed E-state index contributed by atoms with van der Waals surface area (Å²) in [5.41, 5.74) is 23.6. The monoisotopic (exact) mass is 946 g/mol. The van der Waals surface area contributed by atoms with Crippen molar-refractivity contribution in [3.05, 3.63) is 276 Å². The SMILES string of the molecule is c1ccc(-c2nc(-c3ccc(-c4coc5ccccc45)cc3)cc(-c3ccc4c(c3)C3c5ccccc5C4c4cc(-c5cc(-c6ccc(-c7coc8ccccc78)cc6)nc(-c6ccccc6)n5)ccc43)n2)cc1. The van der Waals surface area contributed by atoms with Crippen LogP contribution in [0.25, 0.3) is 112 Å². The van der Waals surface area contributed by atoms with Crippen LogP contribution in [-0.2, 0) is 0 Å². The molecule has 4 heterocycles. The van der Waals surface area contributed by atoms with E-state index < -0.39 is 0 Å². The highest BCUT2D eigenvalue weighted by atomic mass is 16.3. The molecular weight excluding hydrogens is 905 g/mol. The van der Waals surface area contributed by atoms with Crippen LogP contribution in [0, 0.1) is 0 Å². The van der Waals surface area contributed by atoms with Crippen molar-refractivity contribution >= 4 is 21.9 Å². The lowest BCUT2D eigenvalue weighted by Crippen LogP contribution is -2.27. The molecule has 6 heteroatoms. The quantitative estimate of drug-likeness (QED) is 0.151. The molecule has 3 aliphatic rings. The number of benzene rings is 9. The Hall–Kier alpha value is -9.78. The molecule has 13 aromatic rings. The van der Waals surface area contributed by atoms with Gasteiger partial charge in [0.1, 0.15) is 11.2 Å². The molecule has 0 N–H and O–H groups in total. The first-order valence-electron chi connectivity index (χ1n) is 25.1. The van der Waals surface area contributed by atoms with Gasteiger partial charge in [0, 0.05) is 67.1 Å². The Balaban J connectivity index is 0.812. The van der Waals surface area contributed by atoms with Crippen molar-refractivity contribution in [3.8, 4) is 90.1 Å². The maximum absolute atomic E-state index is 5.90. The number of aromatic nitrogens is 4. The van der Waals surface area contributed by atoms with Crippen molar-refractivity contribution in [2.24, 2.45) is 0 Å². The molecule has 9 aromatic carbocycles. The fourth-order valence-electron chi connectivity index (χ4n) is 11.5. The minimum Gasteiger partial charge on any atom is -0.464 e. The minimum atomic E-state index is 0.0448. The van der Waals surface area contributed by atoms with E-state index in [9.17, 15) is 0 Å². The average Bonchev–Trinajstić information content (AvgIpc) is 4.18. The fraction of sp³-hybridized carbons (Fsp3) is 0.0294. The summed E-state index contributed by atoms with van der Waals surface area (Å²) in [6.45, 7) is 0. The Kier molecular flexibility index (Phi) is 9.60. The van der Waals surface area contributed by atoms with Gasteiger partial charge >= 0.3 is 0 Å². The van der Waals surface area contributed by atoms with Crippen molar-refractivity contribution in [2.45, 2.75) is 11.8 Å². The molecule has 0 radical (unpaired) electrons. The van der Waals surface area contributed by atoms with E-state index in [2.05, 4.69) is 158 Å². The number of rotatable bonds is 8. The highest BCUT2D eigenvalue weighted by molar-refractivity contribution is 5.95. The van der Waals surface area contributed by atoms with E-state index in [4.69, 9.17) is 28.8 Å². The minimum absolute atomic E-state index is 0.0448. The van der Waals surface area contributed by atoms with Gasteiger partial charge in [-0.25, -0.2) is 19.9 Å². The summed E-state index contributed by atoms with van der Waals surface area (Å²) >= 11 is 0. The molecule has 4 aromatic heterocycles.